The summed E-state index contributed by atoms with van der Waals surface area (Å²) in [5, 5.41) is 12.1. The van der Waals surface area contributed by atoms with Gasteiger partial charge in [0.2, 0.25) is 17.6 Å². The molecule has 0 saturated heterocycles. The first kappa shape index (κ1) is 23.9. The largest absolute Gasteiger partial charge is 0.490 e. The maximum Gasteiger partial charge on any atom is 0.238 e. The van der Waals surface area contributed by atoms with Crippen molar-refractivity contribution < 1.29 is 14.0 Å². The standard InChI is InChI=1S/C28H31N5O3/c1-4-28(5-2,19-6-10-22(11-7-19)34-24-16-21(29)17-24)20-8-12-23(13-9-20)35-26-15-14-25(31-32-26)27-30-18(3)36-33-27/h6-15,21,24H,4-5,16-17,29H2,1-3H3/t21-,24+. The lowest BCUT2D eigenvalue weighted by atomic mass is 9.70. The van der Waals surface area contributed by atoms with Gasteiger partial charge in [0.05, 0.1) is 0 Å². The van der Waals surface area contributed by atoms with E-state index in [9.17, 15) is 0 Å². The fourth-order valence-electron chi connectivity index (χ4n) is 4.84. The highest BCUT2D eigenvalue weighted by Gasteiger charge is 2.31. The van der Waals surface area contributed by atoms with Gasteiger partial charge < -0.3 is 19.7 Å². The van der Waals surface area contributed by atoms with Crippen LogP contribution in [0, 0.1) is 6.92 Å². The Labute approximate surface area is 210 Å². The monoisotopic (exact) mass is 485 g/mol. The van der Waals surface area contributed by atoms with Crippen molar-refractivity contribution in [2.75, 3.05) is 0 Å². The van der Waals surface area contributed by atoms with Gasteiger partial charge in [-0.2, -0.15) is 4.98 Å². The van der Waals surface area contributed by atoms with E-state index in [0.29, 0.717) is 29.0 Å². The van der Waals surface area contributed by atoms with Crippen LogP contribution in [0.5, 0.6) is 17.4 Å². The Balaban J connectivity index is 1.29. The zero-order valence-corrected chi connectivity index (χ0v) is 20.8. The SMILES string of the molecule is CCC(CC)(c1ccc(Oc2ccc(-c3noc(C)n3)nn2)cc1)c1ccc(O[C@H]2C[C@@H](N)C2)cc1. The van der Waals surface area contributed by atoms with Gasteiger partial charge in [0.25, 0.3) is 0 Å². The zero-order valence-electron chi connectivity index (χ0n) is 20.8. The third-order valence-electron chi connectivity index (χ3n) is 7.07. The van der Waals surface area contributed by atoms with Gasteiger partial charge in [-0.3, -0.25) is 0 Å². The topological polar surface area (TPSA) is 109 Å². The Morgan fingerprint density at radius 3 is 2.03 bits per heavy atom. The van der Waals surface area contributed by atoms with Crippen LogP contribution in [0.1, 0.15) is 56.5 Å². The number of hydrogen-bond acceptors (Lipinski definition) is 8. The number of ether oxygens (including phenoxy) is 2. The van der Waals surface area contributed by atoms with Gasteiger partial charge in [0.15, 0.2) is 0 Å². The van der Waals surface area contributed by atoms with Crippen LogP contribution in [0.2, 0.25) is 0 Å². The molecule has 2 heterocycles. The molecule has 0 bridgehead atoms. The molecule has 8 nitrogen and oxygen atoms in total. The van der Waals surface area contributed by atoms with Crippen molar-refractivity contribution in [2.24, 2.45) is 5.73 Å². The van der Waals surface area contributed by atoms with Crippen LogP contribution in [0.3, 0.4) is 0 Å². The molecule has 4 aromatic rings. The molecule has 2 N–H and O–H groups in total. The third kappa shape index (κ3) is 4.81. The second kappa shape index (κ2) is 10.1. The van der Waals surface area contributed by atoms with Crippen molar-refractivity contribution in [1.29, 1.82) is 0 Å². The Morgan fingerprint density at radius 2 is 1.53 bits per heavy atom. The molecule has 0 spiro atoms. The smallest absolute Gasteiger partial charge is 0.238 e. The van der Waals surface area contributed by atoms with Crippen LogP contribution < -0.4 is 15.2 Å². The quantitative estimate of drug-likeness (QED) is 0.326. The maximum absolute atomic E-state index is 6.05. The van der Waals surface area contributed by atoms with Crippen molar-refractivity contribution in [1.82, 2.24) is 20.3 Å². The molecule has 186 valence electrons. The second-order valence-electron chi connectivity index (χ2n) is 9.31. The molecule has 1 fully saturated rings. The van der Waals surface area contributed by atoms with Gasteiger partial charge in [-0.05, 0) is 67.1 Å². The molecule has 0 aliphatic heterocycles. The summed E-state index contributed by atoms with van der Waals surface area (Å²) in [6.45, 7) is 6.19. The summed E-state index contributed by atoms with van der Waals surface area (Å²) < 4.78 is 17.0. The molecule has 0 atom stereocenters. The number of hydrogen-bond donors (Lipinski definition) is 1. The van der Waals surface area contributed by atoms with Crippen molar-refractivity contribution in [3.05, 3.63) is 77.7 Å². The summed E-state index contributed by atoms with van der Waals surface area (Å²) in [7, 11) is 0. The van der Waals surface area contributed by atoms with Crippen LogP contribution in [-0.2, 0) is 5.41 Å². The van der Waals surface area contributed by atoms with E-state index in [2.05, 4.69) is 70.6 Å². The van der Waals surface area contributed by atoms with E-state index in [0.717, 1.165) is 31.4 Å². The molecule has 1 saturated carbocycles. The lowest BCUT2D eigenvalue weighted by molar-refractivity contribution is 0.101. The van der Waals surface area contributed by atoms with Crippen molar-refractivity contribution in [2.45, 2.75) is 64.0 Å². The number of aryl methyl sites for hydroxylation is 1. The number of nitrogens with two attached hydrogens (primary N) is 1. The Kier molecular flexibility index (Phi) is 6.69. The molecule has 1 aliphatic rings. The van der Waals surface area contributed by atoms with Crippen molar-refractivity contribution in [3.63, 3.8) is 0 Å². The number of aromatic nitrogens is 4. The average Bonchev–Trinajstić information content (AvgIpc) is 3.32. The highest BCUT2D eigenvalue weighted by atomic mass is 16.5. The van der Waals surface area contributed by atoms with Crippen molar-refractivity contribution in [3.8, 4) is 28.9 Å². The highest BCUT2D eigenvalue weighted by molar-refractivity contribution is 5.48. The molecule has 0 amide bonds. The van der Waals surface area contributed by atoms with Gasteiger partial charge in [-0.1, -0.05) is 43.3 Å². The van der Waals surface area contributed by atoms with E-state index in [1.807, 2.05) is 12.1 Å². The number of nitrogens with zero attached hydrogens (tertiary/aromatic N) is 4. The Hall–Kier alpha value is -3.78. The Morgan fingerprint density at radius 1 is 0.889 bits per heavy atom. The molecular weight excluding hydrogens is 454 g/mol. The van der Waals surface area contributed by atoms with Gasteiger partial charge in [-0.15, -0.1) is 10.2 Å². The van der Waals surface area contributed by atoms with Crippen molar-refractivity contribution >= 4 is 0 Å². The lowest BCUT2D eigenvalue weighted by Gasteiger charge is -2.34. The normalized spacial score (nSPS) is 17.4. The molecule has 2 aromatic carbocycles. The fourth-order valence-corrected chi connectivity index (χ4v) is 4.84. The van der Waals surface area contributed by atoms with Crippen LogP contribution in [-0.4, -0.2) is 32.5 Å². The van der Waals surface area contributed by atoms with Gasteiger partial charge in [-0.25, -0.2) is 0 Å². The van der Waals surface area contributed by atoms with E-state index < -0.39 is 0 Å². The molecule has 1 aliphatic carbocycles. The van der Waals surface area contributed by atoms with Crippen LogP contribution in [0.15, 0.2) is 65.2 Å². The molecule has 0 radical (unpaired) electrons. The summed E-state index contributed by atoms with van der Waals surface area (Å²) in [6.07, 6.45) is 4.05. The van der Waals surface area contributed by atoms with Crippen LogP contribution >= 0.6 is 0 Å². The first-order valence-corrected chi connectivity index (χ1v) is 12.4. The van der Waals surface area contributed by atoms with E-state index in [4.69, 9.17) is 19.7 Å². The third-order valence-corrected chi connectivity index (χ3v) is 7.07. The van der Waals surface area contributed by atoms with E-state index in [1.165, 1.54) is 11.1 Å². The lowest BCUT2D eigenvalue weighted by Crippen LogP contribution is -2.43. The zero-order chi connectivity index (χ0) is 25.1. The summed E-state index contributed by atoms with van der Waals surface area (Å²) >= 11 is 0. The Bertz CT molecular complexity index is 1280. The predicted molar refractivity (Wildman–Crippen MR) is 136 cm³/mol. The summed E-state index contributed by atoms with van der Waals surface area (Å²) in [6, 6.07) is 20.5. The first-order valence-electron chi connectivity index (χ1n) is 12.4. The maximum atomic E-state index is 6.05. The van der Waals surface area contributed by atoms with Crippen LogP contribution in [0.4, 0.5) is 0 Å². The van der Waals surface area contributed by atoms with Gasteiger partial charge >= 0.3 is 0 Å². The average molecular weight is 486 g/mol. The number of benzene rings is 2. The van der Waals surface area contributed by atoms with Crippen LogP contribution in [0.25, 0.3) is 11.5 Å². The molecular formula is C28H31N5O3. The van der Waals surface area contributed by atoms with Gasteiger partial charge in [0, 0.05) is 24.4 Å². The molecule has 5 rings (SSSR count). The molecule has 2 aromatic heterocycles. The molecule has 36 heavy (non-hydrogen) atoms. The summed E-state index contributed by atoms with van der Waals surface area (Å²) in [5.74, 6) is 2.87. The minimum absolute atomic E-state index is 0.0972. The predicted octanol–water partition coefficient (Wildman–Crippen LogP) is 5.60. The summed E-state index contributed by atoms with van der Waals surface area (Å²) in [5.41, 5.74) is 8.83. The number of rotatable bonds is 9. The summed E-state index contributed by atoms with van der Waals surface area (Å²) in [4.78, 5) is 4.16. The second-order valence-corrected chi connectivity index (χ2v) is 9.31. The fraction of sp³-hybridized carbons (Fsp3) is 0.357. The van der Waals surface area contributed by atoms with E-state index >= 15 is 0 Å². The first-order chi connectivity index (χ1) is 17.5. The highest BCUT2D eigenvalue weighted by Crippen LogP contribution is 2.40. The van der Waals surface area contributed by atoms with Gasteiger partial charge in [0.1, 0.15) is 23.3 Å². The minimum Gasteiger partial charge on any atom is -0.490 e. The minimum atomic E-state index is -0.0972. The van der Waals surface area contributed by atoms with E-state index in [-0.39, 0.29) is 17.6 Å². The molecule has 8 heteroatoms. The molecule has 0 unspecified atom stereocenters. The van der Waals surface area contributed by atoms with E-state index in [1.54, 1.807) is 19.1 Å².